The summed E-state index contributed by atoms with van der Waals surface area (Å²) in [6.07, 6.45) is 7.77. The van der Waals surface area contributed by atoms with E-state index in [4.69, 9.17) is 4.74 Å². The molecule has 0 atom stereocenters. The third kappa shape index (κ3) is 13.1. The number of halogens is 2. The smallest absolute Gasteiger partial charge is 0.258 e. The van der Waals surface area contributed by atoms with Crippen molar-refractivity contribution >= 4 is 34.2 Å². The van der Waals surface area contributed by atoms with E-state index < -0.39 is 0 Å². The van der Waals surface area contributed by atoms with E-state index in [1.54, 1.807) is 0 Å². The summed E-state index contributed by atoms with van der Waals surface area (Å²) < 4.78 is 6.76. The van der Waals surface area contributed by atoms with Crippen LogP contribution in [-0.4, -0.2) is 24.6 Å². The zero-order valence-corrected chi connectivity index (χ0v) is 19.6. The average Bonchev–Trinajstić information content (AvgIpc) is 2.55. The van der Waals surface area contributed by atoms with Gasteiger partial charge in [-0.25, -0.2) is 0 Å². The fourth-order valence-electron chi connectivity index (χ4n) is 2.68. The van der Waals surface area contributed by atoms with Crippen LogP contribution in [0.25, 0.3) is 0 Å². The number of benzene rings is 1. The van der Waals surface area contributed by atoms with Crippen LogP contribution >= 0.6 is 28.3 Å². The Balaban J connectivity index is 0.00000676. The lowest BCUT2D eigenvalue weighted by atomic mass is 10.1. The second kappa shape index (κ2) is 14.3. The molecule has 1 rings (SSSR count). The topological polar surface area (TPSA) is 50.4 Å². The Morgan fingerprint density at radius 2 is 1.78 bits per heavy atom. The second-order valence-corrected chi connectivity index (χ2v) is 8.70. The number of ether oxygens (including phenoxy) is 1. The molecule has 2 N–H and O–H groups in total. The van der Waals surface area contributed by atoms with Gasteiger partial charge >= 0.3 is 0 Å². The fourth-order valence-corrected chi connectivity index (χ4v) is 3.09. The van der Waals surface area contributed by atoms with Crippen molar-refractivity contribution in [1.82, 2.24) is 10.6 Å². The molecule has 0 radical (unpaired) electrons. The summed E-state index contributed by atoms with van der Waals surface area (Å²) in [4.78, 5) is 12.0. The van der Waals surface area contributed by atoms with Crippen LogP contribution in [0.2, 0.25) is 0 Å². The number of rotatable bonds is 12. The van der Waals surface area contributed by atoms with Crippen LogP contribution in [0.4, 0.5) is 0 Å². The van der Waals surface area contributed by atoms with Crippen molar-refractivity contribution in [3.63, 3.8) is 0 Å². The summed E-state index contributed by atoms with van der Waals surface area (Å²) >= 11 is 3.51. The van der Waals surface area contributed by atoms with Crippen LogP contribution in [0.3, 0.4) is 0 Å². The first-order chi connectivity index (χ1) is 12.3. The molecular formula is C21H36BrClN2O2. The molecule has 156 valence electrons. The summed E-state index contributed by atoms with van der Waals surface area (Å²) in [5, 5.41) is 6.40. The van der Waals surface area contributed by atoms with E-state index in [9.17, 15) is 4.79 Å². The van der Waals surface area contributed by atoms with E-state index in [0.29, 0.717) is 0 Å². The van der Waals surface area contributed by atoms with Crippen LogP contribution in [-0.2, 0) is 11.3 Å². The van der Waals surface area contributed by atoms with Gasteiger partial charge in [-0.1, -0.05) is 55.0 Å². The van der Waals surface area contributed by atoms with Gasteiger partial charge < -0.3 is 15.4 Å². The molecule has 27 heavy (non-hydrogen) atoms. The van der Waals surface area contributed by atoms with Gasteiger partial charge in [0, 0.05) is 22.1 Å². The van der Waals surface area contributed by atoms with Crippen molar-refractivity contribution < 1.29 is 9.53 Å². The molecule has 0 bridgehead atoms. The van der Waals surface area contributed by atoms with Crippen LogP contribution in [0.1, 0.15) is 71.8 Å². The first-order valence-corrected chi connectivity index (χ1v) is 10.5. The average molecular weight is 464 g/mol. The highest BCUT2D eigenvalue weighted by atomic mass is 79.9. The molecular weight excluding hydrogens is 428 g/mol. The van der Waals surface area contributed by atoms with Crippen LogP contribution in [0, 0.1) is 0 Å². The SMILES string of the molecule is CCCCCCCCNCc1cc(Br)ccc1OCC(=O)NC(C)(C)C.Cl. The minimum absolute atomic E-state index is 0. The highest BCUT2D eigenvalue weighted by Gasteiger charge is 2.14. The highest BCUT2D eigenvalue weighted by molar-refractivity contribution is 9.10. The van der Waals surface area contributed by atoms with E-state index in [1.165, 1.54) is 38.5 Å². The summed E-state index contributed by atoms with van der Waals surface area (Å²) in [5.41, 5.74) is 0.815. The predicted octanol–water partition coefficient (Wildman–Crippen LogP) is 5.61. The third-order valence-electron chi connectivity index (χ3n) is 3.92. The summed E-state index contributed by atoms with van der Waals surface area (Å²) in [6, 6.07) is 5.90. The Bertz CT molecular complexity index is 547. The molecule has 0 aliphatic heterocycles. The number of nitrogens with one attached hydrogen (secondary N) is 2. The minimum atomic E-state index is -0.248. The number of carbonyl (C=O) groups is 1. The number of hydrogen-bond acceptors (Lipinski definition) is 3. The largest absolute Gasteiger partial charge is 0.483 e. The van der Waals surface area contributed by atoms with Gasteiger partial charge in [-0.15, -0.1) is 12.4 Å². The van der Waals surface area contributed by atoms with Crippen molar-refractivity contribution in [3.8, 4) is 5.75 Å². The van der Waals surface area contributed by atoms with Crippen molar-refractivity contribution in [2.75, 3.05) is 13.2 Å². The predicted molar refractivity (Wildman–Crippen MR) is 120 cm³/mol. The van der Waals surface area contributed by atoms with Crippen molar-refractivity contribution in [2.45, 2.75) is 78.3 Å². The first-order valence-electron chi connectivity index (χ1n) is 9.75. The van der Waals surface area contributed by atoms with E-state index in [0.717, 1.165) is 28.9 Å². The van der Waals surface area contributed by atoms with Gasteiger partial charge in [0.15, 0.2) is 6.61 Å². The number of amides is 1. The highest BCUT2D eigenvalue weighted by Crippen LogP contribution is 2.23. The molecule has 0 fully saturated rings. The van der Waals surface area contributed by atoms with Gasteiger partial charge in [-0.3, -0.25) is 4.79 Å². The molecule has 0 heterocycles. The van der Waals surface area contributed by atoms with Gasteiger partial charge in [0.1, 0.15) is 5.75 Å². The van der Waals surface area contributed by atoms with Gasteiger partial charge in [0.2, 0.25) is 0 Å². The first kappa shape index (κ1) is 26.2. The Labute approximate surface area is 179 Å². The third-order valence-corrected chi connectivity index (χ3v) is 4.41. The Hall–Kier alpha value is -0.780. The van der Waals surface area contributed by atoms with Gasteiger partial charge in [0.05, 0.1) is 0 Å². The van der Waals surface area contributed by atoms with E-state index >= 15 is 0 Å². The Morgan fingerprint density at radius 1 is 1.11 bits per heavy atom. The van der Waals surface area contributed by atoms with Crippen molar-refractivity contribution in [3.05, 3.63) is 28.2 Å². The maximum absolute atomic E-state index is 12.0. The lowest BCUT2D eigenvalue weighted by Crippen LogP contribution is -2.43. The quantitative estimate of drug-likeness (QED) is 0.396. The van der Waals surface area contributed by atoms with Crippen LogP contribution in [0.5, 0.6) is 5.75 Å². The Morgan fingerprint density at radius 3 is 2.44 bits per heavy atom. The standard InChI is InChI=1S/C21H35BrN2O2.ClH/c1-5-6-7-8-9-10-13-23-15-17-14-18(22)11-12-19(17)26-16-20(25)24-21(2,3)4;/h11-12,14,23H,5-10,13,15-16H2,1-4H3,(H,24,25);1H. The monoisotopic (exact) mass is 462 g/mol. The molecule has 0 saturated heterocycles. The number of unbranched alkanes of at least 4 members (excludes halogenated alkanes) is 5. The molecule has 0 aliphatic carbocycles. The normalized spacial score (nSPS) is 11.0. The van der Waals surface area contributed by atoms with Crippen LogP contribution in [0.15, 0.2) is 22.7 Å². The molecule has 1 aromatic carbocycles. The van der Waals surface area contributed by atoms with Gasteiger partial charge in [0.25, 0.3) is 5.91 Å². The van der Waals surface area contributed by atoms with E-state index in [2.05, 4.69) is 33.5 Å². The molecule has 1 aromatic rings. The fraction of sp³-hybridized carbons (Fsp3) is 0.667. The number of hydrogen-bond donors (Lipinski definition) is 2. The molecule has 0 unspecified atom stereocenters. The number of carbonyl (C=O) groups excluding carboxylic acids is 1. The molecule has 0 spiro atoms. The van der Waals surface area contributed by atoms with Crippen molar-refractivity contribution in [2.24, 2.45) is 0 Å². The van der Waals surface area contributed by atoms with Crippen molar-refractivity contribution in [1.29, 1.82) is 0 Å². The lowest BCUT2D eigenvalue weighted by molar-refractivity contribution is -0.124. The zero-order chi connectivity index (χ0) is 19.4. The van der Waals surface area contributed by atoms with Crippen LogP contribution < -0.4 is 15.4 Å². The minimum Gasteiger partial charge on any atom is -0.483 e. The lowest BCUT2D eigenvalue weighted by Gasteiger charge is -2.21. The maximum atomic E-state index is 12.0. The van der Waals surface area contributed by atoms with Gasteiger partial charge in [-0.2, -0.15) is 0 Å². The summed E-state index contributed by atoms with van der Waals surface area (Å²) in [7, 11) is 0. The Kier molecular flexibility index (Phi) is 13.8. The summed E-state index contributed by atoms with van der Waals surface area (Å²) in [5.74, 6) is 0.652. The van der Waals surface area contributed by atoms with E-state index in [1.807, 2.05) is 39.0 Å². The second-order valence-electron chi connectivity index (χ2n) is 7.78. The zero-order valence-electron chi connectivity index (χ0n) is 17.2. The molecule has 0 aliphatic rings. The molecule has 1 amide bonds. The molecule has 0 aromatic heterocycles. The van der Waals surface area contributed by atoms with E-state index in [-0.39, 0.29) is 30.5 Å². The molecule has 0 saturated carbocycles. The maximum Gasteiger partial charge on any atom is 0.258 e. The summed E-state index contributed by atoms with van der Waals surface area (Å²) in [6.45, 7) is 9.90. The molecule has 6 heteroatoms. The molecule has 4 nitrogen and oxygen atoms in total. The van der Waals surface area contributed by atoms with Gasteiger partial charge in [-0.05, 0) is 51.9 Å².